The molecule has 0 unspecified atom stereocenters. The molecule has 1 N–H and O–H groups in total. The van der Waals surface area contributed by atoms with Gasteiger partial charge in [0.2, 0.25) is 5.91 Å². The summed E-state index contributed by atoms with van der Waals surface area (Å²) in [6.07, 6.45) is 8.07. The zero-order valence-corrected chi connectivity index (χ0v) is 12.6. The fourth-order valence-corrected chi connectivity index (χ4v) is 2.15. The van der Waals surface area contributed by atoms with Crippen LogP contribution in [0.1, 0.15) is 48.0 Å². The normalized spacial score (nSPS) is 13.8. The summed E-state index contributed by atoms with van der Waals surface area (Å²) in [5.41, 5.74) is 0.517. The van der Waals surface area contributed by atoms with Gasteiger partial charge in [-0.05, 0) is 30.9 Å². The molecule has 102 valence electrons. The molecule has 0 radical (unpaired) electrons. The van der Waals surface area contributed by atoms with Crippen molar-refractivity contribution in [3.05, 3.63) is 36.6 Å². The summed E-state index contributed by atoms with van der Waals surface area (Å²) in [5.74, 6) is 0.0450. The van der Waals surface area contributed by atoms with Crippen LogP contribution in [0, 0.1) is 10.8 Å². The first-order valence-corrected chi connectivity index (χ1v) is 6.39. The number of hydrogen-bond donors (Lipinski definition) is 1. The Balaban J connectivity index is 4.84. The highest BCUT2D eigenvalue weighted by atomic mass is 16.2. The molecule has 0 aliphatic rings. The van der Waals surface area contributed by atoms with Gasteiger partial charge < -0.3 is 5.32 Å². The number of carbonyl (C=O) groups is 1. The van der Waals surface area contributed by atoms with Crippen LogP contribution >= 0.6 is 0 Å². The minimum absolute atomic E-state index is 0.0450. The molecule has 0 aliphatic carbocycles. The predicted molar refractivity (Wildman–Crippen MR) is 79.1 cm³/mol. The fraction of sp³-hybridized carbons (Fsp3) is 0.562. The van der Waals surface area contributed by atoms with Crippen molar-refractivity contribution in [2.45, 2.75) is 48.0 Å². The summed E-state index contributed by atoms with van der Waals surface area (Å²) >= 11 is 0. The van der Waals surface area contributed by atoms with Crippen molar-refractivity contribution in [1.29, 1.82) is 0 Å². The van der Waals surface area contributed by atoms with Crippen molar-refractivity contribution in [2.75, 3.05) is 0 Å². The first kappa shape index (κ1) is 16.7. The fourth-order valence-electron chi connectivity index (χ4n) is 2.15. The zero-order chi connectivity index (χ0) is 14.4. The van der Waals surface area contributed by atoms with E-state index in [0.717, 1.165) is 12.1 Å². The number of carbonyl (C=O) groups excluding carboxylic acids is 1. The molecule has 0 heterocycles. The van der Waals surface area contributed by atoms with Crippen molar-refractivity contribution < 1.29 is 4.79 Å². The molecular weight excluding hydrogens is 222 g/mol. The van der Waals surface area contributed by atoms with Crippen molar-refractivity contribution in [2.24, 2.45) is 10.8 Å². The van der Waals surface area contributed by atoms with E-state index in [9.17, 15) is 4.79 Å². The van der Waals surface area contributed by atoms with Gasteiger partial charge >= 0.3 is 0 Å². The second kappa shape index (κ2) is 6.58. The smallest absolute Gasteiger partial charge is 0.230 e. The van der Waals surface area contributed by atoms with Crippen LogP contribution in [0.15, 0.2) is 36.6 Å². The molecule has 18 heavy (non-hydrogen) atoms. The van der Waals surface area contributed by atoms with Gasteiger partial charge in [0, 0.05) is 11.1 Å². The Morgan fingerprint density at radius 2 is 1.78 bits per heavy atom. The van der Waals surface area contributed by atoms with Crippen LogP contribution in [0.5, 0.6) is 0 Å². The lowest BCUT2D eigenvalue weighted by Gasteiger charge is -2.31. The molecule has 0 saturated heterocycles. The average molecular weight is 249 g/mol. The first-order chi connectivity index (χ1) is 8.12. The molecule has 0 fully saturated rings. The molecule has 0 aromatic carbocycles. The van der Waals surface area contributed by atoms with Crippen LogP contribution < -0.4 is 5.32 Å². The number of rotatable bonds is 5. The Morgan fingerprint density at radius 1 is 1.22 bits per heavy atom. The van der Waals surface area contributed by atoms with Gasteiger partial charge in [-0.15, -0.1) is 0 Å². The maximum atomic E-state index is 12.3. The molecular formula is C16H27NO. The highest BCUT2D eigenvalue weighted by Crippen LogP contribution is 2.33. The lowest BCUT2D eigenvalue weighted by Crippen LogP contribution is -2.38. The van der Waals surface area contributed by atoms with Gasteiger partial charge in [-0.2, -0.15) is 0 Å². The van der Waals surface area contributed by atoms with E-state index in [1.807, 2.05) is 32.9 Å². The van der Waals surface area contributed by atoms with E-state index < -0.39 is 0 Å². The van der Waals surface area contributed by atoms with Crippen LogP contribution in [0.25, 0.3) is 0 Å². The number of nitrogens with one attached hydrogen (secondary N) is 1. The Hall–Kier alpha value is -1.31. The van der Waals surface area contributed by atoms with Gasteiger partial charge in [0.05, 0.1) is 0 Å². The molecule has 0 rings (SSSR count). The lowest BCUT2D eigenvalue weighted by atomic mass is 9.75. The summed E-state index contributed by atoms with van der Waals surface area (Å²) < 4.78 is 0. The summed E-state index contributed by atoms with van der Waals surface area (Å²) in [6, 6.07) is 0. The largest absolute Gasteiger partial charge is 0.326 e. The van der Waals surface area contributed by atoms with E-state index in [2.05, 4.69) is 32.7 Å². The van der Waals surface area contributed by atoms with Gasteiger partial charge in [-0.25, -0.2) is 0 Å². The van der Waals surface area contributed by atoms with E-state index in [4.69, 9.17) is 0 Å². The van der Waals surface area contributed by atoms with Gasteiger partial charge in [0.1, 0.15) is 0 Å². The molecule has 0 bridgehead atoms. The summed E-state index contributed by atoms with van der Waals surface area (Å²) in [5, 5.41) is 2.95. The highest BCUT2D eigenvalue weighted by molar-refractivity contribution is 5.83. The maximum Gasteiger partial charge on any atom is 0.230 e. The van der Waals surface area contributed by atoms with E-state index >= 15 is 0 Å². The Labute approximate surface area is 112 Å². The second-order valence-electron chi connectivity index (χ2n) is 6.43. The molecule has 0 aliphatic heterocycles. The van der Waals surface area contributed by atoms with Gasteiger partial charge in [0.25, 0.3) is 0 Å². The molecule has 0 atom stereocenters. The third-order valence-corrected chi connectivity index (χ3v) is 2.49. The van der Waals surface area contributed by atoms with Crippen molar-refractivity contribution in [3.63, 3.8) is 0 Å². The standard InChI is InChI=1S/C16H27NO/c1-8-10-13(11-9-2)17-14(18)16(6,7)12-15(3,4)5/h8-11H,1,12H2,2-7H3,(H,17,18)/b11-9-,13-10+. The highest BCUT2D eigenvalue weighted by Gasteiger charge is 2.32. The van der Waals surface area contributed by atoms with Gasteiger partial charge in [-0.1, -0.05) is 53.3 Å². The van der Waals surface area contributed by atoms with Crippen LogP contribution in [0.4, 0.5) is 0 Å². The van der Waals surface area contributed by atoms with E-state index in [1.54, 1.807) is 12.2 Å². The average Bonchev–Trinajstić information content (AvgIpc) is 2.14. The van der Waals surface area contributed by atoms with E-state index in [1.165, 1.54) is 0 Å². The SMILES string of the molecule is C=C/C=C(\C=C/C)NC(=O)C(C)(C)CC(C)(C)C. The van der Waals surface area contributed by atoms with Crippen LogP contribution in [0.3, 0.4) is 0 Å². The van der Waals surface area contributed by atoms with Crippen molar-refractivity contribution >= 4 is 5.91 Å². The summed E-state index contributed by atoms with van der Waals surface area (Å²) in [6.45, 7) is 16.0. The minimum atomic E-state index is -0.389. The van der Waals surface area contributed by atoms with Gasteiger partial charge in [-0.3, -0.25) is 4.79 Å². The van der Waals surface area contributed by atoms with E-state index in [0.29, 0.717) is 0 Å². The minimum Gasteiger partial charge on any atom is -0.326 e. The summed E-state index contributed by atoms with van der Waals surface area (Å²) in [7, 11) is 0. The number of allylic oxidation sites excluding steroid dienone is 4. The van der Waals surface area contributed by atoms with Crippen LogP contribution in [-0.2, 0) is 4.79 Å². The van der Waals surface area contributed by atoms with Crippen LogP contribution in [-0.4, -0.2) is 5.91 Å². The lowest BCUT2D eigenvalue weighted by molar-refractivity contribution is -0.130. The molecule has 1 amide bonds. The third kappa shape index (κ3) is 6.43. The number of amides is 1. The van der Waals surface area contributed by atoms with E-state index in [-0.39, 0.29) is 16.7 Å². The zero-order valence-electron chi connectivity index (χ0n) is 12.6. The molecule has 2 heteroatoms. The second-order valence-corrected chi connectivity index (χ2v) is 6.43. The topological polar surface area (TPSA) is 29.1 Å². The molecule has 2 nitrogen and oxygen atoms in total. The Kier molecular flexibility index (Phi) is 6.10. The number of hydrogen-bond acceptors (Lipinski definition) is 1. The Bertz CT molecular complexity index is 354. The predicted octanol–water partition coefficient (Wildman–Crippen LogP) is 4.21. The molecule has 0 spiro atoms. The molecule has 0 saturated carbocycles. The first-order valence-electron chi connectivity index (χ1n) is 6.39. The van der Waals surface area contributed by atoms with Gasteiger partial charge in [0.15, 0.2) is 0 Å². The monoisotopic (exact) mass is 249 g/mol. The van der Waals surface area contributed by atoms with Crippen LogP contribution in [0.2, 0.25) is 0 Å². The molecule has 0 aromatic rings. The third-order valence-electron chi connectivity index (χ3n) is 2.49. The quantitative estimate of drug-likeness (QED) is 0.726. The van der Waals surface area contributed by atoms with Crippen molar-refractivity contribution in [3.8, 4) is 0 Å². The maximum absolute atomic E-state index is 12.3. The summed E-state index contributed by atoms with van der Waals surface area (Å²) in [4.78, 5) is 12.3. The van der Waals surface area contributed by atoms with Crippen molar-refractivity contribution in [1.82, 2.24) is 5.32 Å². The Morgan fingerprint density at radius 3 is 2.17 bits per heavy atom. The molecule has 0 aromatic heterocycles.